The fourth-order valence-corrected chi connectivity index (χ4v) is 5.02. The fourth-order valence-electron chi connectivity index (χ4n) is 5.02. The number of nitrogens with one attached hydrogen (secondary N) is 2. The first-order valence-electron chi connectivity index (χ1n) is 20.1. The van der Waals surface area contributed by atoms with Gasteiger partial charge < -0.3 is 49.2 Å². The monoisotopic (exact) mass is 881 g/mol. The highest BCUT2D eigenvalue weighted by Crippen LogP contribution is 2.19. The number of rotatable bonds is 18. The van der Waals surface area contributed by atoms with Gasteiger partial charge in [-0.05, 0) is 64.8 Å². The summed E-state index contributed by atoms with van der Waals surface area (Å²) in [5.74, 6) is -3.04. The molecule has 0 radical (unpaired) electrons. The molecule has 3 aromatic carbocycles. The van der Waals surface area contributed by atoms with Gasteiger partial charge in [0, 0.05) is 51.4 Å². The summed E-state index contributed by atoms with van der Waals surface area (Å²) in [6.45, 7) is 13.9. The van der Waals surface area contributed by atoms with E-state index in [9.17, 15) is 38.9 Å². The topological polar surface area (TPSA) is 242 Å². The zero-order chi connectivity index (χ0) is 47.2. The van der Waals surface area contributed by atoms with Crippen molar-refractivity contribution in [3.05, 3.63) is 106 Å². The van der Waals surface area contributed by atoms with E-state index in [1.807, 2.05) is 60.7 Å². The molecule has 0 fully saturated rings. The van der Waals surface area contributed by atoms with E-state index in [0.717, 1.165) is 11.1 Å². The molecule has 0 bridgehead atoms. The maximum Gasteiger partial charge on any atom is 0.410 e. The van der Waals surface area contributed by atoms with Gasteiger partial charge in [0.2, 0.25) is 0 Å². The number of carbonyl (C=O) groups excluding carboxylic acids is 5. The first kappa shape index (κ1) is 52.2. The van der Waals surface area contributed by atoms with Crippen LogP contribution < -0.4 is 15.4 Å². The number of benzene rings is 3. The second-order valence-corrected chi connectivity index (χ2v) is 16.1. The Morgan fingerprint density at radius 2 is 1.05 bits per heavy atom. The molecule has 0 spiro atoms. The van der Waals surface area contributed by atoms with Crippen LogP contribution in [0, 0.1) is 22.0 Å². The van der Waals surface area contributed by atoms with Gasteiger partial charge in [-0.1, -0.05) is 74.5 Å². The average Bonchev–Trinajstić information content (AvgIpc) is 3.20. The molecule has 3 rings (SSSR count). The Morgan fingerprint density at radius 1 is 0.651 bits per heavy atom. The Bertz CT molecular complexity index is 1930. The summed E-state index contributed by atoms with van der Waals surface area (Å²) >= 11 is 0. The molecule has 0 unspecified atom stereocenters. The molecule has 0 aromatic heterocycles. The van der Waals surface area contributed by atoms with Gasteiger partial charge in [-0.2, -0.15) is 0 Å². The van der Waals surface area contributed by atoms with E-state index in [1.54, 1.807) is 48.5 Å². The molecule has 4 amide bonds. The number of hydrogen-bond acceptors (Lipinski definition) is 13. The number of nitrogens with zero attached hydrogens (tertiary/aromatic N) is 3. The number of aliphatic carboxylic acids is 1. The lowest BCUT2D eigenvalue weighted by atomic mass is 10.1. The number of alkyl carbamates (subject to hydrolysis) is 2. The summed E-state index contributed by atoms with van der Waals surface area (Å²) in [5, 5.41) is 25.0. The summed E-state index contributed by atoms with van der Waals surface area (Å²) in [4.78, 5) is 85.2. The lowest BCUT2D eigenvalue weighted by Crippen LogP contribution is -2.43. The van der Waals surface area contributed by atoms with Gasteiger partial charge >= 0.3 is 36.3 Å². The predicted octanol–water partition coefficient (Wildman–Crippen LogP) is 7.17. The maximum absolute atomic E-state index is 12.8. The number of nitro benzene ring substituents is 1. The van der Waals surface area contributed by atoms with Gasteiger partial charge in [0.05, 0.1) is 16.8 Å². The molecule has 0 aliphatic carbocycles. The van der Waals surface area contributed by atoms with Crippen molar-refractivity contribution in [2.24, 2.45) is 11.8 Å². The van der Waals surface area contributed by atoms with Crippen LogP contribution in [0.25, 0.3) is 0 Å². The van der Waals surface area contributed by atoms with E-state index in [2.05, 4.69) is 10.6 Å². The quantitative estimate of drug-likeness (QED) is 0.0377. The first-order valence-corrected chi connectivity index (χ1v) is 20.1. The molecule has 0 heterocycles. The number of nitro groups is 1. The summed E-state index contributed by atoms with van der Waals surface area (Å²) in [6.07, 6.45) is -2.55. The van der Waals surface area contributed by atoms with Gasteiger partial charge in [-0.3, -0.25) is 19.7 Å². The van der Waals surface area contributed by atoms with E-state index in [4.69, 9.17) is 28.8 Å². The molecule has 63 heavy (non-hydrogen) atoms. The van der Waals surface area contributed by atoms with Crippen molar-refractivity contribution in [2.45, 2.75) is 79.8 Å². The van der Waals surface area contributed by atoms with Crippen LogP contribution in [0.2, 0.25) is 0 Å². The van der Waals surface area contributed by atoms with Gasteiger partial charge in [-0.25, -0.2) is 19.2 Å². The van der Waals surface area contributed by atoms with E-state index in [-0.39, 0.29) is 63.9 Å². The first-order chi connectivity index (χ1) is 29.5. The highest BCUT2D eigenvalue weighted by molar-refractivity contribution is 5.76. The maximum atomic E-state index is 12.8. The molecule has 344 valence electrons. The van der Waals surface area contributed by atoms with Crippen LogP contribution in [0.5, 0.6) is 5.75 Å². The third-order valence-electron chi connectivity index (χ3n) is 8.10. The van der Waals surface area contributed by atoms with E-state index < -0.39 is 64.3 Å². The highest BCUT2D eigenvalue weighted by atomic mass is 16.6. The summed E-state index contributed by atoms with van der Waals surface area (Å²) < 4.78 is 26.3. The molecule has 0 saturated carbocycles. The summed E-state index contributed by atoms with van der Waals surface area (Å²) in [5.41, 5.74) is 0.185. The number of hydrogen-bond donors (Lipinski definition) is 3. The number of carbonyl (C=O) groups is 6. The number of ether oxygens (including phenoxy) is 5. The minimum absolute atomic E-state index is 0.0288. The lowest BCUT2D eigenvalue weighted by molar-refractivity contribution is -0.384. The molecule has 19 heteroatoms. The Balaban J connectivity index is 0.000000452. The molecule has 19 nitrogen and oxygen atoms in total. The predicted molar refractivity (Wildman–Crippen MR) is 230 cm³/mol. The van der Waals surface area contributed by atoms with Crippen LogP contribution in [0.15, 0.2) is 84.9 Å². The van der Waals surface area contributed by atoms with Gasteiger partial charge in [0.1, 0.15) is 30.2 Å². The van der Waals surface area contributed by atoms with Crippen molar-refractivity contribution in [2.75, 3.05) is 39.3 Å². The second-order valence-electron chi connectivity index (χ2n) is 16.1. The van der Waals surface area contributed by atoms with Crippen molar-refractivity contribution in [1.29, 1.82) is 0 Å². The third-order valence-corrected chi connectivity index (χ3v) is 8.10. The SMILES string of the molecule is C[C@@H](CN(CCNC(=O)OC(C)(C)C)C(=O)OCc1ccccc1)C(=O)O.C[C@@H](CN(CCNC(=O)OC(C)(C)C)C(=O)OCc1ccccc1)C(=O)Oc1ccc([N+](=O)[O-])cc1. The van der Waals surface area contributed by atoms with Crippen molar-refractivity contribution in [3.63, 3.8) is 0 Å². The molecular formula is C44H59N5O14. The molecule has 0 saturated heterocycles. The Morgan fingerprint density at radius 3 is 1.41 bits per heavy atom. The third kappa shape index (κ3) is 22.5. The number of carboxylic acid groups (broad SMARTS) is 1. The Labute approximate surface area is 367 Å². The van der Waals surface area contributed by atoms with Gasteiger partial charge in [0.25, 0.3) is 5.69 Å². The van der Waals surface area contributed by atoms with Crippen LogP contribution in [0.4, 0.5) is 24.9 Å². The van der Waals surface area contributed by atoms with Gasteiger partial charge in [0.15, 0.2) is 0 Å². The summed E-state index contributed by atoms with van der Waals surface area (Å²) in [7, 11) is 0. The molecular weight excluding hydrogens is 823 g/mol. The van der Waals surface area contributed by atoms with Crippen molar-refractivity contribution >= 4 is 42.0 Å². The molecule has 2 atom stereocenters. The van der Waals surface area contributed by atoms with Crippen LogP contribution >= 0.6 is 0 Å². The van der Waals surface area contributed by atoms with Crippen LogP contribution in [0.3, 0.4) is 0 Å². The summed E-state index contributed by atoms with van der Waals surface area (Å²) in [6, 6.07) is 23.4. The molecule has 3 aromatic rings. The van der Waals surface area contributed by atoms with E-state index in [0.29, 0.717) is 0 Å². The second kappa shape index (κ2) is 25.8. The smallest absolute Gasteiger partial charge is 0.410 e. The van der Waals surface area contributed by atoms with Crippen molar-refractivity contribution in [1.82, 2.24) is 20.4 Å². The van der Waals surface area contributed by atoms with Gasteiger partial charge in [-0.15, -0.1) is 0 Å². The Kier molecular flexibility index (Phi) is 21.4. The van der Waals surface area contributed by atoms with Crippen molar-refractivity contribution < 1.29 is 62.5 Å². The minimum Gasteiger partial charge on any atom is -0.481 e. The van der Waals surface area contributed by atoms with E-state index >= 15 is 0 Å². The zero-order valence-corrected chi connectivity index (χ0v) is 37.0. The van der Waals surface area contributed by atoms with Crippen LogP contribution in [-0.4, -0.2) is 107 Å². The molecule has 0 aliphatic rings. The zero-order valence-electron chi connectivity index (χ0n) is 37.0. The number of non-ortho nitro benzene ring substituents is 1. The van der Waals surface area contributed by atoms with Crippen LogP contribution in [0.1, 0.15) is 66.5 Å². The number of amides is 4. The minimum atomic E-state index is -1.02. The lowest BCUT2D eigenvalue weighted by Gasteiger charge is -2.25. The largest absolute Gasteiger partial charge is 0.481 e. The number of carboxylic acids is 1. The van der Waals surface area contributed by atoms with E-state index in [1.165, 1.54) is 41.0 Å². The normalized spacial score (nSPS) is 11.8. The highest BCUT2D eigenvalue weighted by Gasteiger charge is 2.26. The Hall–Kier alpha value is -6.92. The standard InChI is InChI=1S/C25H31N3O8.C19H28N2O6/c1-18(22(29)35-21-12-10-20(11-13-21)28(32)33)16-27(15-14-26-23(30)36-25(2,3)4)24(31)34-17-19-8-6-5-7-9-19;1-14(16(22)23)12-21(11-10-20-17(24)27-19(2,3)4)18(25)26-13-15-8-6-5-7-9-15/h5-13,18H,14-17H2,1-4H3,(H,26,30);5-9,14H,10-13H2,1-4H3,(H,20,24)(H,22,23)/t18-;14-/m00/s1. The molecule has 3 N–H and O–H groups in total. The molecule has 0 aliphatic heterocycles. The van der Waals surface area contributed by atoms with Crippen LogP contribution in [-0.2, 0) is 41.8 Å². The number of esters is 1. The van der Waals surface area contributed by atoms with Crippen molar-refractivity contribution in [3.8, 4) is 5.75 Å². The fraction of sp³-hybridized carbons (Fsp3) is 0.455. The average molecular weight is 882 g/mol.